The Labute approximate surface area is 245 Å². The number of hydrogen-bond acceptors (Lipinski definition) is 6. The van der Waals surface area contributed by atoms with E-state index in [-0.39, 0.29) is 11.2 Å². The van der Waals surface area contributed by atoms with Gasteiger partial charge < -0.3 is 9.80 Å². The van der Waals surface area contributed by atoms with E-state index < -0.39 is 10.0 Å². The Morgan fingerprint density at radius 3 is 2.12 bits per heavy atom. The summed E-state index contributed by atoms with van der Waals surface area (Å²) in [5.41, 5.74) is 3.57. The van der Waals surface area contributed by atoms with Crippen LogP contribution in [-0.2, 0) is 10.0 Å². The zero-order chi connectivity index (χ0) is 28.6. The first-order valence-corrected chi connectivity index (χ1v) is 17.2. The van der Waals surface area contributed by atoms with Gasteiger partial charge in [0.25, 0.3) is 5.91 Å². The molecule has 1 aromatic carbocycles. The smallest absolute Gasteiger partial charge is 0.257 e. The van der Waals surface area contributed by atoms with Crippen molar-refractivity contribution >= 4 is 15.9 Å². The molecule has 6 rings (SSSR count). The van der Waals surface area contributed by atoms with Gasteiger partial charge in [0.1, 0.15) is 6.33 Å². The van der Waals surface area contributed by atoms with Gasteiger partial charge in [-0.2, -0.15) is 0 Å². The minimum Gasteiger partial charge on any atom is -0.338 e. The molecule has 1 aliphatic carbocycles. The van der Waals surface area contributed by atoms with E-state index in [2.05, 4.69) is 45.2 Å². The van der Waals surface area contributed by atoms with Gasteiger partial charge in [-0.3, -0.25) is 4.79 Å². The van der Waals surface area contributed by atoms with Gasteiger partial charge in [0.05, 0.1) is 22.2 Å². The molecule has 1 unspecified atom stereocenters. The zero-order valence-corrected chi connectivity index (χ0v) is 25.4. The first kappa shape index (κ1) is 28.7. The molecule has 1 amide bonds. The number of carbonyl (C=O) groups excluding carboxylic acids is 1. The van der Waals surface area contributed by atoms with Gasteiger partial charge in [-0.15, -0.1) is 0 Å². The zero-order valence-electron chi connectivity index (χ0n) is 24.6. The summed E-state index contributed by atoms with van der Waals surface area (Å²) in [5, 5.41) is -0.154. The first-order chi connectivity index (χ1) is 19.8. The fraction of sp³-hybridized carbons (Fsp3) is 0.656. The lowest BCUT2D eigenvalue weighted by atomic mass is 9.78. The molecule has 2 aromatic rings. The molecule has 1 aromatic heterocycles. The Balaban J connectivity index is 1.05. The fourth-order valence-electron chi connectivity index (χ4n) is 8.13. The van der Waals surface area contributed by atoms with Crippen molar-refractivity contribution in [1.29, 1.82) is 0 Å². The molecule has 4 heterocycles. The number of likely N-dealkylation sites (tertiary alicyclic amines) is 2. The monoisotopic (exact) mass is 579 g/mol. The number of aryl methyl sites for hydroxylation is 2. The average molecular weight is 580 g/mol. The van der Waals surface area contributed by atoms with Crippen molar-refractivity contribution in [1.82, 2.24) is 24.1 Å². The van der Waals surface area contributed by atoms with Crippen LogP contribution in [0.3, 0.4) is 0 Å². The molecule has 222 valence electrons. The Morgan fingerprint density at radius 1 is 0.902 bits per heavy atom. The molecule has 41 heavy (non-hydrogen) atoms. The van der Waals surface area contributed by atoms with Gasteiger partial charge in [0.2, 0.25) is 10.0 Å². The van der Waals surface area contributed by atoms with Gasteiger partial charge >= 0.3 is 0 Å². The summed E-state index contributed by atoms with van der Waals surface area (Å²) in [6, 6.07) is 10.9. The number of amides is 1. The number of carbonyl (C=O) groups is 1. The van der Waals surface area contributed by atoms with Crippen molar-refractivity contribution in [2.75, 3.05) is 45.8 Å². The summed E-state index contributed by atoms with van der Waals surface area (Å²) in [4.78, 5) is 26.4. The average Bonchev–Trinajstić information content (AvgIpc) is 3.72. The van der Waals surface area contributed by atoms with Crippen molar-refractivity contribution in [3.05, 3.63) is 59.2 Å². The molecular formula is C32H45N5O3S. The highest BCUT2D eigenvalue weighted by atomic mass is 32.2. The predicted octanol–water partition coefficient (Wildman–Crippen LogP) is 4.26. The van der Waals surface area contributed by atoms with Crippen molar-refractivity contribution < 1.29 is 13.2 Å². The minimum atomic E-state index is -3.15. The van der Waals surface area contributed by atoms with Crippen LogP contribution < -0.4 is 0 Å². The Kier molecular flexibility index (Phi) is 8.48. The molecular weight excluding hydrogens is 534 g/mol. The van der Waals surface area contributed by atoms with Crippen LogP contribution >= 0.6 is 0 Å². The first-order valence-electron chi connectivity index (χ1n) is 15.6. The maximum Gasteiger partial charge on any atom is 0.257 e. The minimum absolute atomic E-state index is 0.0759. The molecule has 4 aliphatic rings. The standard InChI is InChI=1S/C32H45N5O3S/c1-23-31(24(2)34-22-33-23)32(38)36-20-27-18-35(19-28(27)21-36)15-14-30(25-8-4-3-5-9-25)26-12-16-37(17-13-26)41(39,40)29-10-6-7-11-29/h3-5,8-9,22,26-30H,6-7,10-21H2,1-2H3/t27-,28+,30?. The maximum absolute atomic E-state index is 13.3. The number of aromatic nitrogens is 2. The number of fused-ring (bicyclic) bond motifs is 1. The van der Waals surface area contributed by atoms with Crippen molar-refractivity contribution in [2.24, 2.45) is 17.8 Å². The van der Waals surface area contributed by atoms with Gasteiger partial charge in [0.15, 0.2) is 0 Å². The van der Waals surface area contributed by atoms with E-state index in [4.69, 9.17) is 0 Å². The molecule has 3 atom stereocenters. The summed E-state index contributed by atoms with van der Waals surface area (Å²) in [6.45, 7) is 9.85. The van der Waals surface area contributed by atoms with Crippen LogP contribution in [0.1, 0.15) is 78.2 Å². The molecule has 3 saturated heterocycles. The number of hydrogen-bond donors (Lipinski definition) is 0. The van der Waals surface area contributed by atoms with E-state index in [1.807, 2.05) is 18.7 Å². The van der Waals surface area contributed by atoms with E-state index in [9.17, 15) is 13.2 Å². The van der Waals surface area contributed by atoms with Crippen LogP contribution in [0.2, 0.25) is 0 Å². The largest absolute Gasteiger partial charge is 0.338 e. The molecule has 9 heteroatoms. The number of benzene rings is 1. The highest BCUT2D eigenvalue weighted by Crippen LogP contribution is 2.39. The second-order valence-electron chi connectivity index (χ2n) is 12.9. The second kappa shape index (κ2) is 12.1. The van der Waals surface area contributed by atoms with Crippen LogP contribution in [0, 0.1) is 31.6 Å². The number of nitrogens with zero attached hydrogens (tertiary/aromatic N) is 5. The summed E-state index contributed by atoms with van der Waals surface area (Å²) in [6.07, 6.45) is 8.26. The van der Waals surface area contributed by atoms with E-state index in [0.717, 1.165) is 89.1 Å². The molecule has 4 fully saturated rings. The van der Waals surface area contributed by atoms with Gasteiger partial charge in [-0.05, 0) is 81.7 Å². The Bertz CT molecular complexity index is 1290. The topological polar surface area (TPSA) is 86.7 Å². The third-order valence-corrected chi connectivity index (χ3v) is 12.8. The number of piperidine rings is 1. The highest BCUT2D eigenvalue weighted by Gasteiger charge is 2.43. The number of rotatable bonds is 8. The van der Waals surface area contributed by atoms with Crippen LogP contribution in [0.25, 0.3) is 0 Å². The van der Waals surface area contributed by atoms with Crippen LogP contribution in [0.15, 0.2) is 36.7 Å². The lowest BCUT2D eigenvalue weighted by molar-refractivity contribution is 0.0771. The SMILES string of the molecule is Cc1ncnc(C)c1C(=O)N1C[C@H]2CN(CCC(c3ccccc3)C3CCN(S(=O)(=O)C4CCCC4)CC3)C[C@H]2C1. The van der Waals surface area contributed by atoms with Gasteiger partial charge in [-0.25, -0.2) is 22.7 Å². The molecule has 3 aliphatic heterocycles. The third kappa shape index (κ3) is 5.95. The lowest BCUT2D eigenvalue weighted by Gasteiger charge is -2.37. The van der Waals surface area contributed by atoms with Gasteiger partial charge in [0, 0.05) is 39.3 Å². The van der Waals surface area contributed by atoms with Crippen LogP contribution in [-0.4, -0.2) is 89.5 Å². The van der Waals surface area contributed by atoms with Gasteiger partial charge in [-0.1, -0.05) is 43.2 Å². The lowest BCUT2D eigenvalue weighted by Crippen LogP contribution is -2.43. The summed E-state index contributed by atoms with van der Waals surface area (Å²) in [5.74, 6) is 2.05. The third-order valence-electron chi connectivity index (χ3n) is 10.4. The summed E-state index contributed by atoms with van der Waals surface area (Å²) in [7, 11) is -3.15. The van der Waals surface area contributed by atoms with E-state index >= 15 is 0 Å². The number of sulfonamides is 1. The van der Waals surface area contributed by atoms with Crippen LogP contribution in [0.4, 0.5) is 0 Å². The molecule has 8 nitrogen and oxygen atoms in total. The van der Waals surface area contributed by atoms with E-state index in [0.29, 0.717) is 42.3 Å². The van der Waals surface area contributed by atoms with E-state index in [1.165, 1.54) is 11.9 Å². The normalized spacial score (nSPS) is 25.6. The van der Waals surface area contributed by atoms with Crippen molar-refractivity contribution in [3.8, 4) is 0 Å². The molecule has 1 saturated carbocycles. The van der Waals surface area contributed by atoms with Crippen LogP contribution in [0.5, 0.6) is 0 Å². The predicted molar refractivity (Wildman–Crippen MR) is 160 cm³/mol. The molecule has 0 N–H and O–H groups in total. The van der Waals surface area contributed by atoms with E-state index in [1.54, 1.807) is 4.31 Å². The molecule has 0 bridgehead atoms. The Hall–Kier alpha value is -2.36. The molecule has 0 spiro atoms. The summed E-state index contributed by atoms with van der Waals surface area (Å²) >= 11 is 0. The Morgan fingerprint density at radius 2 is 1.51 bits per heavy atom. The van der Waals surface area contributed by atoms with Crippen molar-refractivity contribution in [3.63, 3.8) is 0 Å². The summed E-state index contributed by atoms with van der Waals surface area (Å²) < 4.78 is 28.2. The fourth-order valence-corrected chi connectivity index (χ4v) is 10.2. The molecule has 0 radical (unpaired) electrons. The highest BCUT2D eigenvalue weighted by molar-refractivity contribution is 7.89. The van der Waals surface area contributed by atoms with Crippen molar-refractivity contribution in [2.45, 2.75) is 70.0 Å². The second-order valence-corrected chi connectivity index (χ2v) is 15.1. The maximum atomic E-state index is 13.3. The quantitative estimate of drug-likeness (QED) is 0.465.